The Balaban J connectivity index is 1.92. The topological polar surface area (TPSA) is 36.1 Å². The lowest BCUT2D eigenvalue weighted by Gasteiger charge is -2.33. The molecule has 0 aliphatic heterocycles. The van der Waals surface area contributed by atoms with Crippen LogP contribution in [0.1, 0.15) is 53.6 Å². The Morgan fingerprint density at radius 1 is 1.39 bits per heavy atom. The molecule has 2 aromatic rings. The van der Waals surface area contributed by atoms with Gasteiger partial charge >= 0.3 is 0 Å². The number of thiophene rings is 2. The summed E-state index contributed by atoms with van der Waals surface area (Å²) in [5, 5.41) is 12.6. The van der Waals surface area contributed by atoms with E-state index in [1.165, 1.54) is 27.3 Å². The average Bonchev–Trinajstić information content (AvgIpc) is 3.06. The van der Waals surface area contributed by atoms with Gasteiger partial charge in [-0.25, -0.2) is 4.99 Å². The van der Waals surface area contributed by atoms with Crippen LogP contribution < -0.4 is 0 Å². The summed E-state index contributed by atoms with van der Waals surface area (Å²) in [6, 6.07) is 4.50. The molecule has 0 saturated carbocycles. The van der Waals surface area contributed by atoms with Crippen molar-refractivity contribution in [1.29, 1.82) is 5.26 Å². The molecular formula is C19H22N2S2. The van der Waals surface area contributed by atoms with Gasteiger partial charge < -0.3 is 0 Å². The van der Waals surface area contributed by atoms with Gasteiger partial charge in [0.15, 0.2) is 0 Å². The van der Waals surface area contributed by atoms with Gasteiger partial charge in [0, 0.05) is 16.0 Å². The van der Waals surface area contributed by atoms with E-state index >= 15 is 0 Å². The Hall–Kier alpha value is -1.44. The van der Waals surface area contributed by atoms with Gasteiger partial charge in [-0.2, -0.15) is 5.26 Å². The van der Waals surface area contributed by atoms with Gasteiger partial charge in [-0.05, 0) is 60.1 Å². The van der Waals surface area contributed by atoms with Crippen LogP contribution in [0.3, 0.4) is 0 Å². The molecule has 0 amide bonds. The van der Waals surface area contributed by atoms with E-state index < -0.39 is 0 Å². The molecule has 2 heterocycles. The first kappa shape index (κ1) is 16.4. The lowest BCUT2D eigenvalue weighted by Crippen LogP contribution is -2.26. The number of nitriles is 1. The largest absolute Gasteiger partial charge is 0.243 e. The molecule has 2 nitrogen and oxygen atoms in total. The molecule has 0 saturated heterocycles. The van der Waals surface area contributed by atoms with Crippen LogP contribution in [-0.2, 0) is 12.8 Å². The molecule has 0 spiro atoms. The van der Waals surface area contributed by atoms with Crippen molar-refractivity contribution in [3.63, 3.8) is 0 Å². The van der Waals surface area contributed by atoms with Crippen molar-refractivity contribution in [2.75, 3.05) is 0 Å². The molecule has 0 N–H and O–H groups in total. The second-order valence-electron chi connectivity index (χ2n) is 7.33. The zero-order chi connectivity index (χ0) is 16.6. The molecule has 1 aliphatic carbocycles. The van der Waals surface area contributed by atoms with Crippen molar-refractivity contribution in [2.45, 2.75) is 47.0 Å². The van der Waals surface area contributed by atoms with Gasteiger partial charge in [-0.3, -0.25) is 0 Å². The lowest BCUT2D eigenvalue weighted by atomic mass is 9.72. The van der Waals surface area contributed by atoms with Crippen LogP contribution in [0, 0.1) is 29.6 Å². The Kier molecular flexibility index (Phi) is 4.44. The standard InChI is InChI=1S/C19H22N2S2/c1-12-7-8-22-17(12)11-21-18-15(10-20)14-6-5-13(19(2,3)4)9-16(14)23-18/h7-8,11,13H,5-6,9H2,1-4H3/t13-/m1/s1. The predicted octanol–water partition coefficient (Wildman–Crippen LogP) is 5.89. The Morgan fingerprint density at radius 2 is 2.17 bits per heavy atom. The number of aryl methyl sites for hydroxylation is 1. The summed E-state index contributed by atoms with van der Waals surface area (Å²) in [4.78, 5) is 7.21. The molecule has 0 unspecified atom stereocenters. The van der Waals surface area contributed by atoms with E-state index in [2.05, 4.69) is 50.2 Å². The van der Waals surface area contributed by atoms with Gasteiger partial charge in [0.05, 0.1) is 5.56 Å². The van der Waals surface area contributed by atoms with Crippen LogP contribution >= 0.6 is 22.7 Å². The van der Waals surface area contributed by atoms with Gasteiger partial charge in [0.25, 0.3) is 0 Å². The highest BCUT2D eigenvalue weighted by Crippen LogP contribution is 2.44. The molecule has 0 fully saturated rings. The highest BCUT2D eigenvalue weighted by Gasteiger charge is 2.32. The van der Waals surface area contributed by atoms with Crippen molar-refractivity contribution in [2.24, 2.45) is 16.3 Å². The molecule has 1 atom stereocenters. The van der Waals surface area contributed by atoms with Crippen molar-refractivity contribution in [1.82, 2.24) is 0 Å². The summed E-state index contributed by atoms with van der Waals surface area (Å²) in [5.41, 5.74) is 3.63. The van der Waals surface area contributed by atoms with Gasteiger partial charge in [-0.15, -0.1) is 22.7 Å². The molecule has 3 rings (SSSR count). The minimum absolute atomic E-state index is 0.325. The first-order valence-corrected chi connectivity index (χ1v) is 9.72. The molecule has 0 bridgehead atoms. The summed E-state index contributed by atoms with van der Waals surface area (Å²) < 4.78 is 0. The summed E-state index contributed by atoms with van der Waals surface area (Å²) in [7, 11) is 0. The number of fused-ring (bicyclic) bond motifs is 1. The Labute approximate surface area is 146 Å². The zero-order valence-corrected chi connectivity index (χ0v) is 15.8. The fourth-order valence-electron chi connectivity index (χ4n) is 3.15. The van der Waals surface area contributed by atoms with E-state index in [9.17, 15) is 5.26 Å². The second kappa shape index (κ2) is 6.22. The molecule has 23 heavy (non-hydrogen) atoms. The highest BCUT2D eigenvalue weighted by atomic mass is 32.1. The summed E-state index contributed by atoms with van der Waals surface area (Å²) >= 11 is 3.41. The number of nitrogens with zero attached hydrogens (tertiary/aromatic N) is 2. The third-order valence-corrected chi connectivity index (χ3v) is 6.90. The third-order valence-electron chi connectivity index (χ3n) is 4.78. The maximum absolute atomic E-state index is 9.59. The fraction of sp³-hybridized carbons (Fsp3) is 0.474. The molecule has 4 heteroatoms. The quantitative estimate of drug-likeness (QED) is 0.627. The first-order chi connectivity index (χ1) is 10.9. The lowest BCUT2D eigenvalue weighted by molar-refractivity contribution is 0.218. The fourth-order valence-corrected chi connectivity index (χ4v) is 5.16. The van der Waals surface area contributed by atoms with Crippen LogP contribution in [0.25, 0.3) is 0 Å². The zero-order valence-electron chi connectivity index (χ0n) is 14.1. The van der Waals surface area contributed by atoms with Crippen LogP contribution in [0.15, 0.2) is 16.4 Å². The first-order valence-electron chi connectivity index (χ1n) is 8.03. The normalized spacial score (nSPS) is 18.1. The summed E-state index contributed by atoms with van der Waals surface area (Å²) in [5.74, 6) is 0.691. The van der Waals surface area contributed by atoms with Crippen LogP contribution in [0.2, 0.25) is 0 Å². The van der Waals surface area contributed by atoms with Crippen LogP contribution in [-0.4, -0.2) is 6.21 Å². The minimum atomic E-state index is 0.325. The van der Waals surface area contributed by atoms with Crippen molar-refractivity contribution < 1.29 is 0 Å². The van der Waals surface area contributed by atoms with Gasteiger partial charge in [-0.1, -0.05) is 20.8 Å². The smallest absolute Gasteiger partial charge is 0.134 e. The molecule has 0 aromatic carbocycles. The molecule has 2 aromatic heterocycles. The molecule has 1 aliphatic rings. The second-order valence-corrected chi connectivity index (χ2v) is 9.36. The SMILES string of the molecule is Cc1ccsc1C=Nc1sc2c(c1C#N)CC[C@@H](C(C)(C)C)C2. The number of aliphatic imine (C=N–C) groups is 1. The maximum atomic E-state index is 9.59. The van der Waals surface area contributed by atoms with Gasteiger partial charge in [0.1, 0.15) is 11.1 Å². The van der Waals surface area contributed by atoms with E-state index in [1.807, 2.05) is 6.21 Å². The van der Waals surface area contributed by atoms with Crippen molar-refractivity contribution >= 4 is 33.9 Å². The van der Waals surface area contributed by atoms with E-state index in [0.29, 0.717) is 11.3 Å². The number of rotatable bonds is 2. The monoisotopic (exact) mass is 342 g/mol. The summed E-state index contributed by atoms with van der Waals surface area (Å²) in [6.07, 6.45) is 5.20. The predicted molar refractivity (Wildman–Crippen MR) is 100 cm³/mol. The number of hydrogen-bond donors (Lipinski definition) is 0. The van der Waals surface area contributed by atoms with Gasteiger partial charge in [0.2, 0.25) is 0 Å². The van der Waals surface area contributed by atoms with E-state index in [1.54, 1.807) is 22.7 Å². The maximum Gasteiger partial charge on any atom is 0.134 e. The molecule has 0 radical (unpaired) electrons. The minimum Gasteiger partial charge on any atom is -0.243 e. The van der Waals surface area contributed by atoms with Crippen molar-refractivity contribution in [3.05, 3.63) is 37.9 Å². The summed E-state index contributed by atoms with van der Waals surface area (Å²) in [6.45, 7) is 9.05. The van der Waals surface area contributed by atoms with Crippen LogP contribution in [0.4, 0.5) is 5.00 Å². The highest BCUT2D eigenvalue weighted by molar-refractivity contribution is 7.16. The third kappa shape index (κ3) is 3.27. The van der Waals surface area contributed by atoms with E-state index in [0.717, 1.165) is 23.4 Å². The molecular weight excluding hydrogens is 320 g/mol. The number of hydrogen-bond acceptors (Lipinski definition) is 4. The van der Waals surface area contributed by atoms with Crippen LogP contribution in [0.5, 0.6) is 0 Å². The van der Waals surface area contributed by atoms with E-state index in [-0.39, 0.29) is 0 Å². The molecule has 120 valence electrons. The Bertz CT molecular complexity index is 781. The Morgan fingerprint density at radius 3 is 2.78 bits per heavy atom. The van der Waals surface area contributed by atoms with E-state index in [4.69, 9.17) is 0 Å². The average molecular weight is 343 g/mol. The van der Waals surface area contributed by atoms with Crippen molar-refractivity contribution in [3.8, 4) is 6.07 Å².